The predicted octanol–water partition coefficient (Wildman–Crippen LogP) is 2.27. The SMILES string of the molecule is CC.CN.CN(CC=O)CCCN.Cc1cnc(-c2ccc(N3CCN(C)CC3)cc2)nc1. The maximum Gasteiger partial charge on any atom is 0.159 e. The van der Waals surface area contributed by atoms with E-state index < -0.39 is 0 Å². The van der Waals surface area contributed by atoms with Crippen molar-refractivity contribution in [3.05, 3.63) is 42.2 Å². The number of rotatable bonds is 7. The zero-order valence-electron chi connectivity index (χ0n) is 21.5. The van der Waals surface area contributed by atoms with Crippen LogP contribution in [0.3, 0.4) is 0 Å². The largest absolute Gasteiger partial charge is 0.369 e. The Morgan fingerprint density at radius 3 is 2.06 bits per heavy atom. The van der Waals surface area contributed by atoms with Crippen molar-refractivity contribution in [2.24, 2.45) is 11.5 Å². The molecule has 1 aromatic carbocycles. The van der Waals surface area contributed by atoms with Crippen molar-refractivity contribution in [2.45, 2.75) is 27.2 Å². The molecule has 0 spiro atoms. The quantitative estimate of drug-likeness (QED) is 0.608. The molecule has 0 saturated carbocycles. The highest BCUT2D eigenvalue weighted by atomic mass is 16.1. The van der Waals surface area contributed by atoms with Crippen molar-refractivity contribution in [2.75, 3.05) is 71.9 Å². The first-order valence-electron chi connectivity index (χ1n) is 11.8. The fraction of sp³-hybridized carbons (Fsp3) is 0.560. The van der Waals surface area contributed by atoms with Gasteiger partial charge in [0.2, 0.25) is 0 Å². The van der Waals surface area contributed by atoms with Crippen LogP contribution >= 0.6 is 0 Å². The van der Waals surface area contributed by atoms with Gasteiger partial charge in [-0.25, -0.2) is 9.97 Å². The third-order valence-corrected chi connectivity index (χ3v) is 4.91. The van der Waals surface area contributed by atoms with Crippen molar-refractivity contribution in [3.63, 3.8) is 0 Å². The highest BCUT2D eigenvalue weighted by Gasteiger charge is 2.14. The van der Waals surface area contributed by atoms with E-state index in [1.165, 1.54) is 12.7 Å². The summed E-state index contributed by atoms with van der Waals surface area (Å²) in [6.07, 6.45) is 5.58. The minimum atomic E-state index is 0.514. The lowest BCUT2D eigenvalue weighted by Gasteiger charge is -2.34. The molecule has 186 valence electrons. The highest BCUT2D eigenvalue weighted by Crippen LogP contribution is 2.21. The molecule has 4 N–H and O–H groups in total. The molecule has 1 aliphatic heterocycles. The van der Waals surface area contributed by atoms with Gasteiger partial charge in [-0.3, -0.25) is 4.90 Å². The van der Waals surface area contributed by atoms with Crippen LogP contribution < -0.4 is 16.4 Å². The van der Waals surface area contributed by atoms with Crippen LogP contribution in [0.15, 0.2) is 36.7 Å². The lowest BCUT2D eigenvalue weighted by atomic mass is 10.1. The molecule has 0 atom stereocenters. The average molecular weight is 460 g/mol. The van der Waals surface area contributed by atoms with Gasteiger partial charge in [0.15, 0.2) is 5.82 Å². The third kappa shape index (κ3) is 12.4. The van der Waals surface area contributed by atoms with Gasteiger partial charge in [-0.05, 0) is 77.4 Å². The van der Waals surface area contributed by atoms with Crippen LogP contribution in [-0.4, -0.2) is 93.0 Å². The van der Waals surface area contributed by atoms with Gasteiger partial charge in [0.1, 0.15) is 6.29 Å². The maximum absolute atomic E-state index is 9.91. The standard InChI is InChI=1S/C16H20N4.C6H14N2O.C2H6.CH5N/c1-13-11-17-16(18-12-13)14-3-5-15(6-4-14)20-9-7-19(2)8-10-20;1-8(5-6-9)4-2-3-7;2*1-2/h3-6,11-12H,7-10H2,1-2H3;6H,2-5,7H2,1H3;1-2H3;2H2,1H3. The minimum absolute atomic E-state index is 0.514. The number of likely N-dealkylation sites (N-methyl/N-ethyl adjacent to an activating group) is 2. The van der Waals surface area contributed by atoms with Crippen molar-refractivity contribution in [3.8, 4) is 11.4 Å². The molecule has 0 radical (unpaired) electrons. The summed E-state index contributed by atoms with van der Waals surface area (Å²) in [5.74, 6) is 0.792. The number of benzene rings is 1. The van der Waals surface area contributed by atoms with Gasteiger partial charge in [0, 0.05) is 49.8 Å². The number of aryl methyl sites for hydroxylation is 1. The maximum atomic E-state index is 9.91. The second-order valence-electron chi connectivity index (χ2n) is 7.49. The molecule has 1 fully saturated rings. The Bertz CT molecular complexity index is 715. The zero-order chi connectivity index (χ0) is 25.1. The average Bonchev–Trinajstić information content (AvgIpc) is 2.87. The second kappa shape index (κ2) is 19.1. The fourth-order valence-corrected chi connectivity index (χ4v) is 3.01. The van der Waals surface area contributed by atoms with Gasteiger partial charge in [-0.1, -0.05) is 13.8 Å². The molecule has 1 saturated heterocycles. The summed E-state index contributed by atoms with van der Waals surface area (Å²) >= 11 is 0. The van der Waals surface area contributed by atoms with E-state index in [0.717, 1.165) is 62.4 Å². The van der Waals surface area contributed by atoms with E-state index >= 15 is 0 Å². The number of anilines is 1. The van der Waals surface area contributed by atoms with E-state index in [9.17, 15) is 4.79 Å². The summed E-state index contributed by atoms with van der Waals surface area (Å²) in [6, 6.07) is 8.56. The molecule has 2 aromatic rings. The summed E-state index contributed by atoms with van der Waals surface area (Å²) in [5.41, 5.74) is 13.2. The summed E-state index contributed by atoms with van der Waals surface area (Å²) in [5, 5.41) is 0. The number of aromatic nitrogens is 2. The number of hydrogen-bond acceptors (Lipinski definition) is 8. The van der Waals surface area contributed by atoms with E-state index in [4.69, 9.17) is 5.73 Å². The Morgan fingerprint density at radius 1 is 1.03 bits per heavy atom. The van der Waals surface area contributed by atoms with Crippen molar-refractivity contribution in [1.29, 1.82) is 0 Å². The first-order chi connectivity index (χ1) is 16.0. The highest BCUT2D eigenvalue weighted by molar-refractivity contribution is 5.60. The van der Waals surface area contributed by atoms with Gasteiger partial charge in [0.25, 0.3) is 0 Å². The van der Waals surface area contributed by atoms with Gasteiger partial charge in [-0.15, -0.1) is 0 Å². The Labute approximate surface area is 201 Å². The lowest BCUT2D eigenvalue weighted by Crippen LogP contribution is -2.44. The van der Waals surface area contributed by atoms with Gasteiger partial charge < -0.3 is 26.1 Å². The van der Waals surface area contributed by atoms with Gasteiger partial charge >= 0.3 is 0 Å². The molecule has 2 heterocycles. The second-order valence-corrected chi connectivity index (χ2v) is 7.49. The Kier molecular flexibility index (Phi) is 17.7. The van der Waals surface area contributed by atoms with Crippen LogP contribution in [0.25, 0.3) is 11.4 Å². The van der Waals surface area contributed by atoms with E-state index in [-0.39, 0.29) is 0 Å². The third-order valence-electron chi connectivity index (χ3n) is 4.91. The zero-order valence-corrected chi connectivity index (χ0v) is 21.5. The van der Waals surface area contributed by atoms with E-state index in [1.54, 1.807) is 0 Å². The molecule has 33 heavy (non-hydrogen) atoms. The Balaban J connectivity index is 0.000000669. The van der Waals surface area contributed by atoms with Crippen LogP contribution in [0.2, 0.25) is 0 Å². The molecule has 1 aromatic heterocycles. The Morgan fingerprint density at radius 2 is 1.58 bits per heavy atom. The van der Waals surface area contributed by atoms with Crippen LogP contribution in [-0.2, 0) is 4.79 Å². The number of aldehydes is 1. The number of nitrogens with zero attached hydrogens (tertiary/aromatic N) is 5. The lowest BCUT2D eigenvalue weighted by molar-refractivity contribution is -0.108. The molecular formula is C25H45N7O. The normalized spacial score (nSPS) is 13.1. The number of hydrogen-bond donors (Lipinski definition) is 2. The predicted molar refractivity (Wildman–Crippen MR) is 141 cm³/mol. The monoisotopic (exact) mass is 459 g/mol. The first-order valence-corrected chi connectivity index (χ1v) is 11.8. The number of nitrogens with two attached hydrogens (primary N) is 2. The van der Waals surface area contributed by atoms with Crippen LogP contribution in [0.4, 0.5) is 5.69 Å². The van der Waals surface area contributed by atoms with Crippen molar-refractivity contribution in [1.82, 2.24) is 19.8 Å². The van der Waals surface area contributed by atoms with Crippen molar-refractivity contribution >= 4 is 12.0 Å². The van der Waals surface area contributed by atoms with Crippen LogP contribution in [0, 0.1) is 6.92 Å². The van der Waals surface area contributed by atoms with Crippen LogP contribution in [0.5, 0.6) is 0 Å². The number of carbonyl (C=O) groups is 1. The molecule has 3 rings (SSSR count). The first kappa shape index (κ1) is 30.6. The Hall–Kier alpha value is -2.39. The molecule has 0 aliphatic carbocycles. The van der Waals surface area contributed by atoms with Gasteiger partial charge in [-0.2, -0.15) is 0 Å². The molecule has 8 heteroatoms. The van der Waals surface area contributed by atoms with E-state index in [1.807, 2.05) is 45.1 Å². The number of carbonyl (C=O) groups excluding carboxylic acids is 1. The number of piperazine rings is 1. The smallest absolute Gasteiger partial charge is 0.159 e. The molecule has 0 bridgehead atoms. The molecular weight excluding hydrogens is 414 g/mol. The minimum Gasteiger partial charge on any atom is -0.369 e. The van der Waals surface area contributed by atoms with E-state index in [2.05, 4.69) is 56.8 Å². The van der Waals surface area contributed by atoms with E-state index in [0.29, 0.717) is 13.1 Å². The molecule has 0 amide bonds. The fourth-order valence-electron chi connectivity index (χ4n) is 3.01. The summed E-state index contributed by atoms with van der Waals surface area (Å²) in [6.45, 7) is 12.6. The van der Waals surface area contributed by atoms with Crippen molar-refractivity contribution < 1.29 is 4.79 Å². The van der Waals surface area contributed by atoms with Crippen LogP contribution in [0.1, 0.15) is 25.8 Å². The van der Waals surface area contributed by atoms with Gasteiger partial charge in [0.05, 0.1) is 6.54 Å². The summed E-state index contributed by atoms with van der Waals surface area (Å²) in [7, 11) is 5.58. The summed E-state index contributed by atoms with van der Waals surface area (Å²) in [4.78, 5) is 25.4. The molecule has 1 aliphatic rings. The summed E-state index contributed by atoms with van der Waals surface area (Å²) < 4.78 is 0. The topological polar surface area (TPSA) is 105 Å². The molecule has 8 nitrogen and oxygen atoms in total. The molecule has 0 unspecified atom stereocenters.